The Morgan fingerprint density at radius 2 is 1.97 bits per heavy atom. The number of nitrogens with one attached hydrogen (secondary N) is 1. The van der Waals surface area contributed by atoms with Gasteiger partial charge in [-0.1, -0.05) is 13.8 Å². The second-order valence-electron chi connectivity index (χ2n) is 11.0. The summed E-state index contributed by atoms with van der Waals surface area (Å²) in [6.45, 7) is 9.61. The molecule has 0 spiro atoms. The largest absolute Gasteiger partial charge is 0.389 e. The van der Waals surface area contributed by atoms with E-state index in [1.807, 2.05) is 0 Å². The van der Waals surface area contributed by atoms with Gasteiger partial charge in [-0.2, -0.15) is 4.98 Å². The molecule has 0 saturated carbocycles. The fourth-order valence-corrected chi connectivity index (χ4v) is 6.22. The van der Waals surface area contributed by atoms with Gasteiger partial charge in [-0.3, -0.25) is 0 Å². The zero-order valence-corrected chi connectivity index (χ0v) is 23.1. The molecule has 39 heavy (non-hydrogen) atoms. The number of piperidine rings is 1. The highest BCUT2D eigenvalue weighted by atomic mass is 32.2. The first-order chi connectivity index (χ1) is 18.2. The predicted octanol–water partition coefficient (Wildman–Crippen LogP) is 3.20. The highest BCUT2D eigenvalue weighted by Gasteiger charge is 2.42. The molecule has 1 aromatic heterocycles. The van der Waals surface area contributed by atoms with Gasteiger partial charge in [0.15, 0.2) is 0 Å². The molecule has 0 bridgehead atoms. The lowest BCUT2D eigenvalue weighted by Gasteiger charge is -2.43. The Hall–Kier alpha value is -3.19. The molecule has 2 aromatic rings. The summed E-state index contributed by atoms with van der Waals surface area (Å²) in [5, 5.41) is 13.1. The van der Waals surface area contributed by atoms with E-state index in [0.29, 0.717) is 31.0 Å². The molecular weight excluding hydrogens is 533 g/mol. The molecular formula is C26H33F3N6O3S. The first-order valence-electron chi connectivity index (χ1n) is 12.5. The number of aliphatic hydroxyl groups excluding tert-OH is 1. The molecule has 13 heteroatoms. The predicted molar refractivity (Wildman–Crippen MR) is 147 cm³/mol. The molecule has 0 aliphatic carbocycles. The highest BCUT2D eigenvalue weighted by Crippen LogP contribution is 2.36. The Kier molecular flexibility index (Phi) is 7.95. The van der Waals surface area contributed by atoms with Crippen molar-refractivity contribution < 1.29 is 26.7 Å². The minimum Gasteiger partial charge on any atom is -0.389 e. The Morgan fingerprint density at radius 1 is 1.28 bits per heavy atom. The molecule has 2 aliphatic heterocycles. The lowest BCUT2D eigenvalue weighted by atomic mass is 9.80. The van der Waals surface area contributed by atoms with Crippen molar-refractivity contribution in [3.05, 3.63) is 46.9 Å². The van der Waals surface area contributed by atoms with Gasteiger partial charge in [0.25, 0.3) is 0 Å². The third kappa shape index (κ3) is 6.35. The van der Waals surface area contributed by atoms with Crippen LogP contribution < -0.4 is 15.1 Å². The van der Waals surface area contributed by atoms with Crippen LogP contribution in [0.4, 0.5) is 30.6 Å². The molecule has 0 radical (unpaired) electrons. The van der Waals surface area contributed by atoms with E-state index >= 15 is 0 Å². The molecule has 212 valence electrons. The molecule has 2 fully saturated rings. The van der Waals surface area contributed by atoms with E-state index in [0.717, 1.165) is 12.3 Å². The Labute approximate surface area is 226 Å². The maximum absolute atomic E-state index is 14.9. The van der Waals surface area contributed by atoms with Crippen molar-refractivity contribution >= 4 is 40.1 Å². The number of sulfone groups is 1. The topological polar surface area (TPSA) is 111 Å². The summed E-state index contributed by atoms with van der Waals surface area (Å²) in [4.78, 5) is 15.9. The molecule has 3 heterocycles. The van der Waals surface area contributed by atoms with Gasteiger partial charge < -0.3 is 20.2 Å². The molecule has 2 saturated heterocycles. The fourth-order valence-electron chi connectivity index (χ4n) is 5.16. The molecule has 2 aliphatic rings. The molecule has 0 unspecified atom stereocenters. The lowest BCUT2D eigenvalue weighted by Crippen LogP contribution is -2.55. The third-order valence-corrected chi connectivity index (χ3v) is 8.15. The standard InChI is InChI=1S/C26H33F3N6O3S/c1-15-17(18(27)9-19(28)23(15)34-10-16(11-34)13-39(5,37)38)8-22(30-4)32-21-6-7-31-25(33-21)35-12-20(29)24(36)26(2,3)14-35/h6-9,16,20,24,36H,4,10-14H2,1-3,5H3,(H,31,32,33)/b22-8+/t20-,24-/m0/s1. The monoisotopic (exact) mass is 566 g/mol. The van der Waals surface area contributed by atoms with Gasteiger partial charge in [0, 0.05) is 55.0 Å². The summed E-state index contributed by atoms with van der Waals surface area (Å²) >= 11 is 0. The van der Waals surface area contributed by atoms with Gasteiger partial charge in [-0.05, 0) is 31.3 Å². The van der Waals surface area contributed by atoms with Gasteiger partial charge in [-0.25, -0.2) is 31.6 Å². The van der Waals surface area contributed by atoms with Crippen molar-refractivity contribution in [1.82, 2.24) is 9.97 Å². The zero-order valence-electron chi connectivity index (χ0n) is 22.3. The van der Waals surface area contributed by atoms with Crippen LogP contribution in [0, 0.1) is 29.9 Å². The first kappa shape index (κ1) is 28.8. The summed E-state index contributed by atoms with van der Waals surface area (Å²) in [7, 11) is -3.16. The van der Waals surface area contributed by atoms with Crippen LogP contribution in [0.2, 0.25) is 0 Å². The van der Waals surface area contributed by atoms with Gasteiger partial charge >= 0.3 is 0 Å². The third-order valence-electron chi connectivity index (χ3n) is 7.08. The molecule has 0 amide bonds. The SMILES string of the molecule is C=N/C(=C\c1c(F)cc(F)c(N2CC(CS(C)(=O)=O)C2)c1C)Nc1ccnc(N2C[C@H](F)[C@H](O)C(C)(C)C2)n1. The van der Waals surface area contributed by atoms with Crippen LogP contribution in [0.1, 0.15) is 25.0 Å². The summed E-state index contributed by atoms with van der Waals surface area (Å²) in [6.07, 6.45) is 1.46. The van der Waals surface area contributed by atoms with Crippen LogP contribution in [0.5, 0.6) is 0 Å². The first-order valence-corrected chi connectivity index (χ1v) is 14.5. The average molecular weight is 567 g/mol. The lowest BCUT2D eigenvalue weighted by molar-refractivity contribution is -0.0257. The number of alkyl halides is 1. The fraction of sp³-hybridized carbons (Fsp3) is 0.500. The van der Waals surface area contributed by atoms with E-state index < -0.39 is 39.2 Å². The Morgan fingerprint density at radius 3 is 2.59 bits per heavy atom. The van der Waals surface area contributed by atoms with E-state index in [9.17, 15) is 26.7 Å². The zero-order chi connectivity index (χ0) is 28.7. The molecule has 4 rings (SSSR count). The summed E-state index contributed by atoms with van der Waals surface area (Å²) in [5.74, 6) is -0.962. The van der Waals surface area contributed by atoms with E-state index in [-0.39, 0.29) is 41.2 Å². The summed E-state index contributed by atoms with van der Waals surface area (Å²) in [5.41, 5.74) is -0.0841. The van der Waals surface area contributed by atoms with Gasteiger partial charge in [0.05, 0.1) is 24.1 Å². The number of aliphatic hydroxyl groups is 1. The second-order valence-corrected chi connectivity index (χ2v) is 13.2. The maximum atomic E-state index is 14.9. The van der Waals surface area contributed by atoms with Crippen LogP contribution in [-0.4, -0.2) is 80.7 Å². The molecule has 2 atom stereocenters. The number of aliphatic imine (C=N–C) groups is 1. The van der Waals surface area contributed by atoms with Crippen molar-refractivity contribution in [1.29, 1.82) is 0 Å². The van der Waals surface area contributed by atoms with Crippen LogP contribution >= 0.6 is 0 Å². The number of halogens is 3. The summed E-state index contributed by atoms with van der Waals surface area (Å²) in [6, 6.07) is 2.35. The van der Waals surface area contributed by atoms with Crippen LogP contribution in [0.25, 0.3) is 6.08 Å². The van der Waals surface area contributed by atoms with Crippen molar-refractivity contribution in [3.63, 3.8) is 0 Å². The van der Waals surface area contributed by atoms with Crippen molar-refractivity contribution in [2.45, 2.75) is 33.0 Å². The van der Waals surface area contributed by atoms with Crippen molar-refractivity contribution in [3.8, 4) is 0 Å². The number of benzene rings is 1. The van der Waals surface area contributed by atoms with Crippen LogP contribution in [0.15, 0.2) is 29.1 Å². The number of nitrogens with zero attached hydrogens (tertiary/aromatic N) is 5. The van der Waals surface area contributed by atoms with E-state index in [1.54, 1.807) is 36.6 Å². The van der Waals surface area contributed by atoms with E-state index in [1.165, 1.54) is 12.3 Å². The summed E-state index contributed by atoms with van der Waals surface area (Å²) < 4.78 is 67.3. The maximum Gasteiger partial charge on any atom is 0.227 e. The van der Waals surface area contributed by atoms with Gasteiger partial charge in [0.2, 0.25) is 5.95 Å². The molecule has 2 N–H and O–H groups in total. The molecule has 9 nitrogen and oxygen atoms in total. The van der Waals surface area contributed by atoms with Gasteiger partial charge in [-0.15, -0.1) is 0 Å². The quantitative estimate of drug-likeness (QED) is 0.469. The van der Waals surface area contributed by atoms with E-state index in [4.69, 9.17) is 0 Å². The van der Waals surface area contributed by atoms with Crippen molar-refractivity contribution in [2.24, 2.45) is 16.3 Å². The van der Waals surface area contributed by atoms with Crippen LogP contribution in [0.3, 0.4) is 0 Å². The Balaban J connectivity index is 1.56. The normalized spacial score (nSPS) is 22.0. The highest BCUT2D eigenvalue weighted by molar-refractivity contribution is 7.90. The Bertz CT molecular complexity index is 1400. The minimum atomic E-state index is -3.16. The smallest absolute Gasteiger partial charge is 0.227 e. The minimum absolute atomic E-state index is 0.00891. The number of hydrogen-bond donors (Lipinski definition) is 2. The van der Waals surface area contributed by atoms with Crippen molar-refractivity contribution in [2.75, 3.05) is 53.3 Å². The number of aromatic nitrogens is 2. The number of rotatable bonds is 8. The number of hydrogen-bond acceptors (Lipinski definition) is 9. The van der Waals surface area contributed by atoms with Crippen LogP contribution in [-0.2, 0) is 9.84 Å². The van der Waals surface area contributed by atoms with E-state index in [2.05, 4.69) is 27.0 Å². The molecule has 1 aromatic carbocycles. The number of anilines is 3. The average Bonchev–Trinajstić information content (AvgIpc) is 2.81. The van der Waals surface area contributed by atoms with Gasteiger partial charge in [0.1, 0.15) is 39.3 Å². The second kappa shape index (κ2) is 10.8.